The van der Waals surface area contributed by atoms with Crippen molar-refractivity contribution in [1.82, 2.24) is 14.9 Å². The van der Waals surface area contributed by atoms with E-state index in [1.165, 1.54) is 0 Å². The Labute approximate surface area is 104 Å². The molecule has 1 unspecified atom stereocenters. The van der Waals surface area contributed by atoms with Crippen LogP contribution in [0.1, 0.15) is 33.4 Å². The van der Waals surface area contributed by atoms with Crippen LogP contribution in [-0.4, -0.2) is 27.6 Å². The molecule has 17 heavy (non-hydrogen) atoms. The third kappa shape index (κ3) is 3.77. The Morgan fingerprint density at radius 2 is 2.12 bits per heavy atom. The maximum absolute atomic E-state index is 11.6. The summed E-state index contributed by atoms with van der Waals surface area (Å²) in [4.78, 5) is 22.7. The molecule has 0 aliphatic rings. The van der Waals surface area contributed by atoms with Crippen LogP contribution in [0.15, 0.2) is 5.38 Å². The van der Waals surface area contributed by atoms with Crippen LogP contribution in [0.5, 0.6) is 0 Å². The number of alkyl carbamates (subject to hydrolysis) is 1. The van der Waals surface area contributed by atoms with Gasteiger partial charge in [-0.2, -0.15) is 0 Å². The van der Waals surface area contributed by atoms with Gasteiger partial charge in [0, 0.05) is 5.38 Å². The molecule has 0 radical (unpaired) electrons. The van der Waals surface area contributed by atoms with E-state index < -0.39 is 17.2 Å². The second-order valence-electron chi connectivity index (χ2n) is 4.74. The van der Waals surface area contributed by atoms with Gasteiger partial charge in [-0.15, -0.1) is 5.10 Å². The Hall–Kier alpha value is -1.50. The highest BCUT2D eigenvalue weighted by molar-refractivity contribution is 7.03. The Kier molecular flexibility index (Phi) is 3.82. The van der Waals surface area contributed by atoms with E-state index in [0.29, 0.717) is 12.0 Å². The molecule has 1 heterocycles. The molecule has 0 bridgehead atoms. The number of hydrogen-bond donors (Lipinski definition) is 1. The number of ether oxygens (including phenoxy) is 1. The molecule has 1 atom stereocenters. The summed E-state index contributed by atoms with van der Waals surface area (Å²) in [5, 5.41) is 7.86. The van der Waals surface area contributed by atoms with Crippen LogP contribution in [0, 0.1) is 0 Å². The summed E-state index contributed by atoms with van der Waals surface area (Å²) in [6.07, 6.45) is -0.0618. The first kappa shape index (κ1) is 13.6. The Balaban J connectivity index is 2.77. The fraction of sp³-hybridized carbons (Fsp3) is 0.600. The molecular formula is C10H15N3O3S. The van der Waals surface area contributed by atoms with E-state index in [4.69, 9.17) is 4.74 Å². The quantitative estimate of drug-likeness (QED) is 0.829. The number of amides is 1. The van der Waals surface area contributed by atoms with Crippen molar-refractivity contribution < 1.29 is 14.3 Å². The summed E-state index contributed by atoms with van der Waals surface area (Å²) < 4.78 is 8.74. The molecule has 6 nitrogen and oxygen atoms in total. The number of aromatic nitrogens is 2. The standard InChI is InChI=1S/C10H15N3O3S/c1-9(2,3)16-8(15)11-10(4,6-14)7-5-17-13-12-7/h5-6H,1-4H3,(H,11,15). The van der Waals surface area contributed by atoms with Gasteiger partial charge in [0.2, 0.25) is 0 Å². The van der Waals surface area contributed by atoms with Gasteiger partial charge in [-0.05, 0) is 39.2 Å². The van der Waals surface area contributed by atoms with E-state index in [1.54, 1.807) is 33.1 Å². The molecule has 0 fully saturated rings. The third-order valence-corrected chi connectivity index (χ3v) is 2.39. The lowest BCUT2D eigenvalue weighted by molar-refractivity contribution is -0.113. The zero-order valence-corrected chi connectivity index (χ0v) is 11.0. The molecular weight excluding hydrogens is 242 g/mol. The Morgan fingerprint density at radius 3 is 2.53 bits per heavy atom. The zero-order valence-electron chi connectivity index (χ0n) is 10.2. The van der Waals surface area contributed by atoms with Crippen LogP contribution in [0.25, 0.3) is 0 Å². The minimum Gasteiger partial charge on any atom is -0.444 e. The van der Waals surface area contributed by atoms with E-state index in [0.717, 1.165) is 11.5 Å². The van der Waals surface area contributed by atoms with Crippen LogP contribution in [-0.2, 0) is 15.1 Å². The van der Waals surface area contributed by atoms with Gasteiger partial charge in [0.15, 0.2) is 6.29 Å². The second kappa shape index (κ2) is 4.79. The van der Waals surface area contributed by atoms with Gasteiger partial charge in [0.05, 0.1) is 0 Å². The van der Waals surface area contributed by atoms with Crippen molar-refractivity contribution in [3.63, 3.8) is 0 Å². The molecule has 1 N–H and O–H groups in total. The molecule has 1 aromatic rings. The lowest BCUT2D eigenvalue weighted by Crippen LogP contribution is -2.47. The number of aldehydes is 1. The summed E-state index contributed by atoms with van der Waals surface area (Å²) in [6, 6.07) is 0. The first-order chi connectivity index (χ1) is 7.77. The number of hydrogen-bond acceptors (Lipinski definition) is 6. The van der Waals surface area contributed by atoms with Gasteiger partial charge in [0.25, 0.3) is 0 Å². The largest absolute Gasteiger partial charge is 0.444 e. The molecule has 1 aromatic heterocycles. The summed E-state index contributed by atoms with van der Waals surface area (Å²) in [7, 11) is 0. The molecule has 7 heteroatoms. The smallest absolute Gasteiger partial charge is 0.408 e. The predicted molar refractivity (Wildman–Crippen MR) is 62.7 cm³/mol. The minimum atomic E-state index is -1.21. The van der Waals surface area contributed by atoms with Crippen molar-refractivity contribution >= 4 is 23.9 Å². The Bertz CT molecular complexity index is 399. The number of rotatable bonds is 3. The topological polar surface area (TPSA) is 81.2 Å². The normalized spacial score (nSPS) is 14.8. The van der Waals surface area contributed by atoms with Crippen LogP contribution in [0.4, 0.5) is 4.79 Å². The molecule has 0 saturated carbocycles. The lowest BCUT2D eigenvalue weighted by Gasteiger charge is -2.25. The zero-order chi connectivity index (χ0) is 13.1. The molecule has 94 valence electrons. The number of nitrogens with one attached hydrogen (secondary N) is 1. The van der Waals surface area contributed by atoms with Gasteiger partial charge >= 0.3 is 6.09 Å². The fourth-order valence-corrected chi connectivity index (χ4v) is 1.63. The molecule has 0 aliphatic heterocycles. The molecule has 1 amide bonds. The van der Waals surface area contributed by atoms with Crippen LogP contribution >= 0.6 is 11.5 Å². The van der Waals surface area contributed by atoms with Crippen LogP contribution < -0.4 is 5.32 Å². The first-order valence-corrected chi connectivity index (χ1v) is 5.85. The van der Waals surface area contributed by atoms with Crippen molar-refractivity contribution in [2.75, 3.05) is 0 Å². The third-order valence-electron chi connectivity index (χ3n) is 1.89. The van der Waals surface area contributed by atoms with Gasteiger partial charge in [-0.25, -0.2) is 4.79 Å². The summed E-state index contributed by atoms with van der Waals surface area (Å²) in [5.74, 6) is 0. The SMILES string of the molecule is CC(C)(C)OC(=O)NC(C)(C=O)c1csnn1. The van der Waals surface area contributed by atoms with Crippen molar-refractivity contribution in [1.29, 1.82) is 0 Å². The highest BCUT2D eigenvalue weighted by Gasteiger charge is 2.32. The summed E-state index contributed by atoms with van der Waals surface area (Å²) in [5.41, 5.74) is -1.44. The van der Waals surface area contributed by atoms with E-state index in [9.17, 15) is 9.59 Å². The summed E-state index contributed by atoms with van der Waals surface area (Å²) >= 11 is 1.11. The average Bonchev–Trinajstić information content (AvgIpc) is 2.67. The lowest BCUT2D eigenvalue weighted by atomic mass is 10.0. The van der Waals surface area contributed by atoms with Crippen molar-refractivity contribution in [2.24, 2.45) is 0 Å². The van der Waals surface area contributed by atoms with Crippen molar-refractivity contribution in [3.8, 4) is 0 Å². The van der Waals surface area contributed by atoms with Crippen LogP contribution in [0.2, 0.25) is 0 Å². The molecule has 0 spiro atoms. The monoisotopic (exact) mass is 257 g/mol. The summed E-state index contributed by atoms with van der Waals surface area (Å²) in [6.45, 7) is 6.78. The van der Waals surface area contributed by atoms with Crippen molar-refractivity contribution in [3.05, 3.63) is 11.1 Å². The molecule has 0 saturated heterocycles. The van der Waals surface area contributed by atoms with E-state index >= 15 is 0 Å². The average molecular weight is 257 g/mol. The van der Waals surface area contributed by atoms with Crippen molar-refractivity contribution in [2.45, 2.75) is 38.8 Å². The van der Waals surface area contributed by atoms with Gasteiger partial charge in [-0.3, -0.25) is 0 Å². The maximum Gasteiger partial charge on any atom is 0.408 e. The van der Waals surface area contributed by atoms with E-state index in [2.05, 4.69) is 14.9 Å². The van der Waals surface area contributed by atoms with Crippen LogP contribution in [0.3, 0.4) is 0 Å². The Morgan fingerprint density at radius 1 is 1.47 bits per heavy atom. The fourth-order valence-electron chi connectivity index (χ4n) is 1.06. The van der Waals surface area contributed by atoms with E-state index in [1.807, 2.05) is 0 Å². The van der Waals surface area contributed by atoms with Gasteiger partial charge < -0.3 is 14.8 Å². The number of nitrogens with zero attached hydrogens (tertiary/aromatic N) is 2. The van der Waals surface area contributed by atoms with Gasteiger partial charge in [-0.1, -0.05) is 4.49 Å². The number of carbonyl (C=O) groups is 2. The molecule has 0 aliphatic carbocycles. The van der Waals surface area contributed by atoms with E-state index in [-0.39, 0.29) is 0 Å². The highest BCUT2D eigenvalue weighted by Crippen LogP contribution is 2.18. The predicted octanol–water partition coefficient (Wildman–Crippen LogP) is 1.48. The first-order valence-electron chi connectivity index (χ1n) is 5.02. The second-order valence-corrected chi connectivity index (χ2v) is 5.35. The minimum absolute atomic E-state index is 0.392. The maximum atomic E-state index is 11.6. The highest BCUT2D eigenvalue weighted by atomic mass is 32.1. The number of carbonyl (C=O) groups excluding carboxylic acids is 2. The van der Waals surface area contributed by atoms with Gasteiger partial charge in [0.1, 0.15) is 16.8 Å². The molecule has 1 rings (SSSR count). The molecule has 0 aromatic carbocycles.